The summed E-state index contributed by atoms with van der Waals surface area (Å²) >= 11 is 1.38. The molecule has 2 atom stereocenters. The second-order valence-electron chi connectivity index (χ2n) is 7.62. The number of thioether (sulfide) groups is 1. The lowest BCUT2D eigenvalue weighted by Gasteiger charge is -2.30. The molecule has 1 aromatic carbocycles. The summed E-state index contributed by atoms with van der Waals surface area (Å²) in [6, 6.07) is 7.48. The number of carbonyl (C=O) groups is 1. The normalized spacial score (nSPS) is 23.5. The number of amides is 1. The molecule has 7 nitrogen and oxygen atoms in total. The number of carbonyl (C=O) groups excluding carboxylic acids is 1. The van der Waals surface area contributed by atoms with E-state index in [-0.39, 0.29) is 35.3 Å². The zero-order valence-electron chi connectivity index (χ0n) is 16.4. The molecule has 1 amide bonds. The van der Waals surface area contributed by atoms with Gasteiger partial charge in [0.15, 0.2) is 9.84 Å². The van der Waals surface area contributed by atoms with Crippen LogP contribution < -0.4 is 0 Å². The first kappa shape index (κ1) is 20.6. The van der Waals surface area contributed by atoms with Crippen LogP contribution in [0.1, 0.15) is 25.1 Å². The van der Waals surface area contributed by atoms with Crippen molar-refractivity contribution in [2.24, 2.45) is 0 Å². The molecule has 156 valence electrons. The molecule has 3 heterocycles. The molecule has 9 heteroatoms. The number of hydrogen-bond donors (Lipinski definition) is 0. The summed E-state index contributed by atoms with van der Waals surface area (Å²) in [5, 5.41) is 1.70. The molecule has 0 spiro atoms. The van der Waals surface area contributed by atoms with E-state index in [2.05, 4.69) is 9.97 Å². The largest absolute Gasteiger partial charge is 0.376 e. The molecule has 1 aromatic heterocycles. The Morgan fingerprint density at radius 2 is 2.10 bits per heavy atom. The zero-order valence-corrected chi connectivity index (χ0v) is 18.0. The van der Waals surface area contributed by atoms with Gasteiger partial charge in [-0.2, -0.15) is 0 Å². The fourth-order valence-corrected chi connectivity index (χ4v) is 6.65. The highest BCUT2D eigenvalue weighted by Crippen LogP contribution is 2.27. The lowest BCUT2D eigenvalue weighted by molar-refractivity contribution is -0.131. The van der Waals surface area contributed by atoms with Crippen molar-refractivity contribution in [1.29, 1.82) is 0 Å². The molecular formula is C20H25N3O4S2. The molecule has 2 aliphatic rings. The molecule has 0 bridgehead atoms. The van der Waals surface area contributed by atoms with Crippen molar-refractivity contribution in [3.8, 4) is 0 Å². The Kier molecular flexibility index (Phi) is 6.08. The van der Waals surface area contributed by atoms with Crippen LogP contribution in [0.25, 0.3) is 10.9 Å². The quantitative estimate of drug-likeness (QED) is 0.508. The van der Waals surface area contributed by atoms with Crippen LogP contribution in [0, 0.1) is 6.92 Å². The summed E-state index contributed by atoms with van der Waals surface area (Å²) in [6.45, 7) is 3.01. The maximum Gasteiger partial charge on any atom is 0.233 e. The average molecular weight is 436 g/mol. The van der Waals surface area contributed by atoms with Gasteiger partial charge in [0.25, 0.3) is 0 Å². The molecule has 2 aromatic rings. The predicted octanol–water partition coefficient (Wildman–Crippen LogP) is 2.23. The van der Waals surface area contributed by atoms with Crippen LogP contribution in [0.2, 0.25) is 0 Å². The number of benzene rings is 1. The van der Waals surface area contributed by atoms with Crippen molar-refractivity contribution in [1.82, 2.24) is 14.9 Å². The van der Waals surface area contributed by atoms with Gasteiger partial charge >= 0.3 is 0 Å². The Morgan fingerprint density at radius 1 is 1.28 bits per heavy atom. The minimum Gasteiger partial charge on any atom is -0.376 e. The highest BCUT2D eigenvalue weighted by molar-refractivity contribution is 8.00. The first-order valence-electron chi connectivity index (χ1n) is 9.89. The van der Waals surface area contributed by atoms with E-state index in [9.17, 15) is 13.2 Å². The minimum atomic E-state index is -3.07. The van der Waals surface area contributed by atoms with Gasteiger partial charge in [0.05, 0.1) is 28.9 Å². The Labute approximate surface area is 175 Å². The van der Waals surface area contributed by atoms with Crippen molar-refractivity contribution in [2.75, 3.05) is 30.4 Å². The van der Waals surface area contributed by atoms with E-state index in [0.29, 0.717) is 25.4 Å². The fraction of sp³-hybridized carbons (Fsp3) is 0.550. The van der Waals surface area contributed by atoms with Gasteiger partial charge in [-0.05, 0) is 32.3 Å². The van der Waals surface area contributed by atoms with Crippen molar-refractivity contribution in [3.63, 3.8) is 0 Å². The van der Waals surface area contributed by atoms with Gasteiger partial charge in [-0.15, -0.1) is 0 Å². The number of aryl methyl sites for hydroxylation is 1. The minimum absolute atomic E-state index is 0.00520. The molecule has 2 saturated heterocycles. The number of ether oxygens (including phenoxy) is 1. The van der Waals surface area contributed by atoms with Gasteiger partial charge < -0.3 is 9.64 Å². The monoisotopic (exact) mass is 435 g/mol. The SMILES string of the molecule is Cc1nc(SCC(=O)N(C[C@@H]2CCCO2)[C@H]2CCS(=O)(=O)C2)c2ccccc2n1. The molecule has 2 aliphatic heterocycles. The van der Waals surface area contributed by atoms with E-state index in [1.165, 1.54) is 11.8 Å². The second kappa shape index (κ2) is 8.57. The third-order valence-electron chi connectivity index (χ3n) is 5.41. The lowest BCUT2D eigenvalue weighted by atomic mass is 10.1. The molecule has 0 radical (unpaired) electrons. The zero-order chi connectivity index (χ0) is 20.4. The first-order valence-corrected chi connectivity index (χ1v) is 12.7. The summed E-state index contributed by atoms with van der Waals surface area (Å²) in [5.41, 5.74) is 0.855. The lowest BCUT2D eigenvalue weighted by Crippen LogP contribution is -2.46. The van der Waals surface area contributed by atoms with Crippen LogP contribution in [-0.4, -0.2) is 71.7 Å². The fourth-order valence-electron chi connectivity index (χ4n) is 3.96. The number of sulfone groups is 1. The van der Waals surface area contributed by atoms with E-state index < -0.39 is 9.84 Å². The Bertz CT molecular complexity index is 1010. The molecular weight excluding hydrogens is 410 g/mol. The van der Waals surface area contributed by atoms with Gasteiger partial charge in [-0.25, -0.2) is 18.4 Å². The highest BCUT2D eigenvalue weighted by atomic mass is 32.2. The van der Waals surface area contributed by atoms with Crippen LogP contribution in [0.4, 0.5) is 0 Å². The smallest absolute Gasteiger partial charge is 0.233 e. The third-order valence-corrected chi connectivity index (χ3v) is 8.13. The topological polar surface area (TPSA) is 89.5 Å². The van der Waals surface area contributed by atoms with Crippen molar-refractivity contribution in [3.05, 3.63) is 30.1 Å². The molecule has 0 aliphatic carbocycles. The molecule has 0 saturated carbocycles. The van der Waals surface area contributed by atoms with E-state index in [1.807, 2.05) is 31.2 Å². The Hall–Kier alpha value is -1.71. The third kappa shape index (κ3) is 4.90. The van der Waals surface area contributed by atoms with E-state index >= 15 is 0 Å². The maximum atomic E-state index is 13.1. The van der Waals surface area contributed by atoms with Crippen molar-refractivity contribution >= 4 is 38.4 Å². The summed E-state index contributed by atoms with van der Waals surface area (Å²) in [5.74, 6) is 1.01. The predicted molar refractivity (Wildman–Crippen MR) is 113 cm³/mol. The van der Waals surface area contributed by atoms with Gasteiger partial charge in [0.1, 0.15) is 10.9 Å². The summed E-state index contributed by atoms with van der Waals surface area (Å²) < 4.78 is 29.7. The number of hydrogen-bond acceptors (Lipinski definition) is 7. The van der Waals surface area contributed by atoms with E-state index in [0.717, 1.165) is 28.8 Å². The first-order chi connectivity index (χ1) is 13.9. The summed E-state index contributed by atoms with van der Waals surface area (Å²) in [4.78, 5) is 23.8. The Balaban J connectivity index is 1.50. The van der Waals surface area contributed by atoms with Crippen LogP contribution in [0.5, 0.6) is 0 Å². The average Bonchev–Trinajstić information content (AvgIpc) is 3.32. The van der Waals surface area contributed by atoms with Gasteiger partial charge in [0, 0.05) is 24.6 Å². The van der Waals surface area contributed by atoms with E-state index in [1.54, 1.807) is 4.90 Å². The van der Waals surface area contributed by atoms with Gasteiger partial charge in [0.2, 0.25) is 5.91 Å². The van der Waals surface area contributed by atoms with Gasteiger partial charge in [-0.3, -0.25) is 4.79 Å². The molecule has 0 unspecified atom stereocenters. The number of para-hydroxylation sites is 1. The van der Waals surface area contributed by atoms with Crippen LogP contribution in [0.15, 0.2) is 29.3 Å². The number of rotatable bonds is 6. The molecule has 0 N–H and O–H groups in total. The second-order valence-corrected chi connectivity index (χ2v) is 10.8. The van der Waals surface area contributed by atoms with Crippen LogP contribution in [-0.2, 0) is 19.4 Å². The van der Waals surface area contributed by atoms with Crippen LogP contribution >= 0.6 is 11.8 Å². The number of aromatic nitrogens is 2. The summed E-state index contributed by atoms with van der Waals surface area (Å²) in [6.07, 6.45) is 2.39. The van der Waals surface area contributed by atoms with Gasteiger partial charge in [-0.1, -0.05) is 30.0 Å². The van der Waals surface area contributed by atoms with Crippen molar-refractivity contribution in [2.45, 2.75) is 43.4 Å². The standard InChI is InChI=1S/C20H25N3O4S2/c1-14-21-18-7-3-2-6-17(18)20(22-14)28-12-19(24)23(11-16-5-4-9-27-16)15-8-10-29(25,26)13-15/h2-3,6-7,15-16H,4-5,8-13H2,1H3/t15-,16-/m0/s1. The van der Waals surface area contributed by atoms with Crippen molar-refractivity contribution < 1.29 is 17.9 Å². The number of fused-ring (bicyclic) bond motifs is 1. The maximum absolute atomic E-state index is 13.1. The summed E-state index contributed by atoms with van der Waals surface area (Å²) in [7, 11) is -3.07. The van der Waals surface area contributed by atoms with E-state index in [4.69, 9.17) is 4.74 Å². The van der Waals surface area contributed by atoms with Crippen LogP contribution in [0.3, 0.4) is 0 Å². The number of nitrogens with zero attached hydrogens (tertiary/aromatic N) is 3. The molecule has 2 fully saturated rings. The molecule has 4 rings (SSSR count). The molecule has 29 heavy (non-hydrogen) atoms. The highest BCUT2D eigenvalue weighted by Gasteiger charge is 2.36. The Morgan fingerprint density at radius 3 is 2.83 bits per heavy atom.